The Kier molecular flexibility index (Phi) is 6.88. The van der Waals surface area contributed by atoms with Crippen LogP contribution in [0, 0.1) is 5.41 Å². The number of hydrogen-bond acceptors (Lipinski definition) is 5. The fourth-order valence-corrected chi connectivity index (χ4v) is 3.37. The second kappa shape index (κ2) is 8.78. The zero-order chi connectivity index (χ0) is 21.1. The molecule has 6 nitrogen and oxygen atoms in total. The molecule has 0 radical (unpaired) electrons. The number of aliphatic hydroxyl groups is 1. The zero-order valence-corrected chi connectivity index (χ0v) is 17.8. The van der Waals surface area contributed by atoms with Crippen LogP contribution in [-0.2, 0) is 9.59 Å². The molecular weight excluding hydrogens is 356 g/mol. The third-order valence-corrected chi connectivity index (χ3v) is 4.72. The van der Waals surface area contributed by atoms with Crippen LogP contribution in [-0.4, -0.2) is 60.4 Å². The molecule has 0 fully saturated rings. The van der Waals surface area contributed by atoms with Crippen molar-refractivity contribution < 1.29 is 19.4 Å². The Hall–Kier alpha value is -2.34. The van der Waals surface area contributed by atoms with Gasteiger partial charge in [0.05, 0.1) is 18.2 Å². The van der Waals surface area contributed by atoms with Crippen LogP contribution in [0.1, 0.15) is 45.7 Å². The van der Waals surface area contributed by atoms with Gasteiger partial charge in [0.15, 0.2) is 11.5 Å². The minimum absolute atomic E-state index is 0.177. The van der Waals surface area contributed by atoms with Crippen LogP contribution in [0.3, 0.4) is 0 Å². The summed E-state index contributed by atoms with van der Waals surface area (Å²) in [5.74, 6) is -0.468. The average molecular weight is 389 g/mol. The number of ether oxygens (including phenoxy) is 1. The van der Waals surface area contributed by atoms with E-state index in [0.29, 0.717) is 18.9 Å². The maximum Gasteiger partial charge on any atom is 0.290 e. The van der Waals surface area contributed by atoms with Crippen molar-refractivity contribution in [3.8, 4) is 5.75 Å². The Labute approximate surface area is 167 Å². The highest BCUT2D eigenvalue weighted by Crippen LogP contribution is 2.41. The molecular formula is C22H32N2O4. The van der Waals surface area contributed by atoms with Crippen LogP contribution in [0.4, 0.5) is 0 Å². The topological polar surface area (TPSA) is 70.1 Å². The molecule has 1 atom stereocenters. The van der Waals surface area contributed by atoms with Crippen molar-refractivity contribution in [3.63, 3.8) is 0 Å². The molecule has 0 aliphatic carbocycles. The van der Waals surface area contributed by atoms with Gasteiger partial charge in [0, 0.05) is 12.0 Å². The Bertz CT molecular complexity index is 762. The lowest BCUT2D eigenvalue weighted by molar-refractivity contribution is -0.129. The maximum absolute atomic E-state index is 13.1. The van der Waals surface area contributed by atoms with Gasteiger partial charge in [0.25, 0.3) is 5.91 Å². The second-order valence-corrected chi connectivity index (χ2v) is 8.40. The highest BCUT2D eigenvalue weighted by atomic mass is 16.5. The monoisotopic (exact) mass is 388 g/mol. The molecule has 2 rings (SSSR count). The summed E-state index contributed by atoms with van der Waals surface area (Å²) in [6.45, 7) is 9.06. The number of carbonyl (C=O) groups excluding carboxylic acids is 2. The van der Waals surface area contributed by atoms with Crippen LogP contribution >= 0.6 is 0 Å². The molecule has 0 saturated carbocycles. The fraction of sp³-hybridized carbons (Fsp3) is 0.545. The number of carbonyl (C=O) groups is 2. The number of rotatable bonds is 8. The second-order valence-electron chi connectivity index (χ2n) is 8.40. The van der Waals surface area contributed by atoms with Gasteiger partial charge >= 0.3 is 0 Å². The van der Waals surface area contributed by atoms with Crippen LogP contribution in [0.5, 0.6) is 5.75 Å². The van der Waals surface area contributed by atoms with Gasteiger partial charge in [0.2, 0.25) is 0 Å². The van der Waals surface area contributed by atoms with Gasteiger partial charge in [-0.25, -0.2) is 0 Å². The lowest BCUT2D eigenvalue weighted by Crippen LogP contribution is -2.34. The van der Waals surface area contributed by atoms with E-state index in [1.165, 1.54) is 0 Å². The quantitative estimate of drug-likeness (QED) is 0.740. The first kappa shape index (κ1) is 22.0. The fourth-order valence-electron chi connectivity index (χ4n) is 3.37. The third kappa shape index (κ3) is 4.73. The number of amides is 1. The van der Waals surface area contributed by atoms with Gasteiger partial charge in [-0.1, -0.05) is 32.9 Å². The Morgan fingerprint density at radius 1 is 1.29 bits per heavy atom. The van der Waals surface area contributed by atoms with Crippen LogP contribution in [0.15, 0.2) is 35.6 Å². The molecule has 1 aliphatic heterocycles. The number of benzene rings is 1. The van der Waals surface area contributed by atoms with Crippen molar-refractivity contribution in [1.82, 2.24) is 9.80 Å². The summed E-state index contributed by atoms with van der Waals surface area (Å²) in [4.78, 5) is 29.6. The minimum atomic E-state index is -0.709. The first-order valence-electron chi connectivity index (χ1n) is 9.74. The van der Waals surface area contributed by atoms with E-state index in [-0.39, 0.29) is 11.4 Å². The summed E-state index contributed by atoms with van der Waals surface area (Å²) in [6.07, 6.45) is 0.741. The van der Waals surface area contributed by atoms with E-state index in [9.17, 15) is 14.7 Å². The van der Waals surface area contributed by atoms with Crippen molar-refractivity contribution in [2.24, 2.45) is 5.41 Å². The van der Waals surface area contributed by atoms with Crippen molar-refractivity contribution in [2.45, 2.75) is 40.2 Å². The van der Waals surface area contributed by atoms with Crippen LogP contribution in [0.2, 0.25) is 0 Å². The SMILES string of the molecule is CCOc1cccc(C2C(C(=O)C(C)(C)C)=C(O)C(=O)N2CCCN(C)C)c1. The summed E-state index contributed by atoms with van der Waals surface area (Å²) < 4.78 is 5.60. The van der Waals surface area contributed by atoms with E-state index in [4.69, 9.17) is 4.74 Å². The number of ketones is 1. The number of Topliss-reactive ketones (excluding diaryl/α,β-unsaturated/α-hetero) is 1. The summed E-state index contributed by atoms with van der Waals surface area (Å²) in [5.41, 5.74) is 0.232. The van der Waals surface area contributed by atoms with E-state index in [2.05, 4.69) is 0 Å². The molecule has 0 aromatic heterocycles. The highest BCUT2D eigenvalue weighted by Gasteiger charge is 2.45. The molecule has 1 aromatic carbocycles. The van der Waals surface area contributed by atoms with Crippen molar-refractivity contribution in [1.29, 1.82) is 0 Å². The molecule has 1 unspecified atom stereocenters. The molecule has 1 aliphatic rings. The van der Waals surface area contributed by atoms with Crippen LogP contribution < -0.4 is 4.74 Å². The molecule has 1 amide bonds. The minimum Gasteiger partial charge on any atom is -0.503 e. The van der Waals surface area contributed by atoms with Gasteiger partial charge in [-0.15, -0.1) is 0 Å². The molecule has 0 bridgehead atoms. The first-order chi connectivity index (χ1) is 13.1. The highest BCUT2D eigenvalue weighted by molar-refractivity contribution is 6.10. The lowest BCUT2D eigenvalue weighted by atomic mass is 9.82. The summed E-state index contributed by atoms with van der Waals surface area (Å²) in [7, 11) is 3.94. The van der Waals surface area contributed by atoms with Gasteiger partial charge < -0.3 is 19.6 Å². The van der Waals surface area contributed by atoms with E-state index in [1.807, 2.05) is 50.2 Å². The summed E-state index contributed by atoms with van der Waals surface area (Å²) >= 11 is 0. The predicted octanol–water partition coefficient (Wildman–Crippen LogP) is 3.35. The Morgan fingerprint density at radius 3 is 2.54 bits per heavy atom. The first-order valence-corrected chi connectivity index (χ1v) is 9.74. The van der Waals surface area contributed by atoms with E-state index in [1.54, 1.807) is 25.7 Å². The average Bonchev–Trinajstić information content (AvgIpc) is 2.85. The van der Waals surface area contributed by atoms with Crippen LogP contribution in [0.25, 0.3) is 0 Å². The number of aliphatic hydroxyl groups excluding tert-OH is 1. The zero-order valence-electron chi connectivity index (χ0n) is 17.8. The molecule has 1 heterocycles. The molecule has 0 spiro atoms. The van der Waals surface area contributed by atoms with Crippen molar-refractivity contribution in [3.05, 3.63) is 41.2 Å². The van der Waals surface area contributed by atoms with Gasteiger partial charge in [-0.2, -0.15) is 0 Å². The number of nitrogens with zero attached hydrogens (tertiary/aromatic N) is 2. The molecule has 28 heavy (non-hydrogen) atoms. The van der Waals surface area contributed by atoms with Crippen molar-refractivity contribution >= 4 is 11.7 Å². The Balaban J connectivity index is 2.48. The van der Waals surface area contributed by atoms with Gasteiger partial charge in [-0.05, 0) is 51.7 Å². The van der Waals surface area contributed by atoms with E-state index >= 15 is 0 Å². The summed E-state index contributed by atoms with van der Waals surface area (Å²) in [5, 5.41) is 10.6. The van der Waals surface area contributed by atoms with Gasteiger partial charge in [0.1, 0.15) is 5.75 Å². The predicted molar refractivity (Wildman–Crippen MR) is 109 cm³/mol. The largest absolute Gasteiger partial charge is 0.503 e. The van der Waals surface area contributed by atoms with E-state index < -0.39 is 23.1 Å². The molecule has 1 N–H and O–H groups in total. The van der Waals surface area contributed by atoms with Gasteiger partial charge in [-0.3, -0.25) is 9.59 Å². The van der Waals surface area contributed by atoms with Crippen molar-refractivity contribution in [2.75, 3.05) is 33.8 Å². The smallest absolute Gasteiger partial charge is 0.290 e. The number of hydrogen-bond donors (Lipinski definition) is 1. The molecule has 154 valence electrons. The molecule has 0 saturated heterocycles. The Morgan fingerprint density at radius 2 is 1.96 bits per heavy atom. The third-order valence-electron chi connectivity index (χ3n) is 4.72. The summed E-state index contributed by atoms with van der Waals surface area (Å²) in [6, 6.07) is 6.79. The van der Waals surface area contributed by atoms with E-state index in [0.717, 1.165) is 18.5 Å². The molecule has 1 aromatic rings. The standard InChI is InChI=1S/C22H32N2O4/c1-7-28-16-11-8-10-15(14-16)18-17(20(26)22(2,3)4)19(25)21(27)24(18)13-9-12-23(5)6/h8,10-11,14,18,25H,7,9,12-13H2,1-6H3. The normalized spacial score (nSPS) is 17.6. The maximum atomic E-state index is 13.1. The lowest BCUT2D eigenvalue weighted by Gasteiger charge is -2.29. The molecule has 6 heteroatoms.